The summed E-state index contributed by atoms with van der Waals surface area (Å²) in [5.74, 6) is -2.98. The van der Waals surface area contributed by atoms with Gasteiger partial charge in [-0.25, -0.2) is 28.1 Å². The van der Waals surface area contributed by atoms with E-state index < -0.39 is 17.5 Å². The quantitative estimate of drug-likeness (QED) is 0.397. The third-order valence-electron chi connectivity index (χ3n) is 5.63. The van der Waals surface area contributed by atoms with Gasteiger partial charge in [-0.3, -0.25) is 9.69 Å². The molecule has 0 saturated heterocycles. The topological polar surface area (TPSA) is 73.1 Å². The predicted octanol–water partition coefficient (Wildman–Crippen LogP) is 4.73. The number of rotatable bonds is 5. The van der Waals surface area contributed by atoms with Crippen LogP contribution in [0.4, 0.5) is 19.1 Å². The highest BCUT2D eigenvalue weighted by Gasteiger charge is 2.31. The minimum Gasteiger partial charge on any atom is -0.477 e. The van der Waals surface area contributed by atoms with Crippen LogP contribution >= 0.6 is 0 Å². The molecule has 0 radical (unpaired) electrons. The Bertz CT molecular complexity index is 1440. The number of hydrogen-bond acceptors (Lipinski definition) is 5. The number of aromatic nitrogens is 4. The number of hydrogen-bond donors (Lipinski definition) is 0. The third kappa shape index (κ3) is 3.64. The average molecular weight is 467 g/mol. The van der Waals surface area contributed by atoms with Gasteiger partial charge in [0, 0.05) is 37.2 Å². The van der Waals surface area contributed by atoms with Gasteiger partial charge in [-0.2, -0.15) is 0 Å². The number of ether oxygens (including phenoxy) is 1. The van der Waals surface area contributed by atoms with Crippen LogP contribution in [-0.2, 0) is 11.3 Å². The van der Waals surface area contributed by atoms with Crippen LogP contribution < -0.4 is 9.64 Å². The first-order chi connectivity index (χ1) is 16.4. The molecule has 0 saturated carbocycles. The second-order valence-corrected chi connectivity index (χ2v) is 7.94. The summed E-state index contributed by atoms with van der Waals surface area (Å²) < 4.78 is 49.8. The molecule has 174 valence electrons. The monoisotopic (exact) mass is 467 g/mol. The Labute approximate surface area is 192 Å². The fourth-order valence-electron chi connectivity index (χ4n) is 4.06. The lowest BCUT2D eigenvalue weighted by Gasteiger charge is -2.11. The molecule has 0 aliphatic carbocycles. The molecule has 0 N–H and O–H groups in total. The summed E-state index contributed by atoms with van der Waals surface area (Å²) in [4.78, 5) is 26.9. The van der Waals surface area contributed by atoms with Crippen LogP contribution in [0.2, 0.25) is 0 Å². The SMILES string of the molecule is CCCOc1cnc2ccc(-c3c(-c4cc(F)c(F)cc4F)nc4n3CCN4C(C)=O)cc2n1. The maximum atomic E-state index is 14.8. The maximum absolute atomic E-state index is 14.8. The molecule has 1 amide bonds. The van der Waals surface area contributed by atoms with Crippen molar-refractivity contribution in [3.05, 3.63) is 54.0 Å². The number of fused-ring (bicyclic) bond motifs is 2. The van der Waals surface area contributed by atoms with Gasteiger partial charge in [0.2, 0.25) is 17.7 Å². The molecule has 4 aromatic rings. The number of carbonyl (C=O) groups is 1. The smallest absolute Gasteiger partial charge is 0.232 e. The summed E-state index contributed by atoms with van der Waals surface area (Å²) in [6, 6.07) is 6.55. The van der Waals surface area contributed by atoms with Crippen molar-refractivity contribution in [3.8, 4) is 28.4 Å². The van der Waals surface area contributed by atoms with Gasteiger partial charge < -0.3 is 9.30 Å². The fourth-order valence-corrected chi connectivity index (χ4v) is 4.06. The number of benzene rings is 2. The predicted molar refractivity (Wildman–Crippen MR) is 120 cm³/mol. The molecule has 0 fully saturated rings. The van der Waals surface area contributed by atoms with E-state index in [1.54, 1.807) is 29.0 Å². The second kappa shape index (κ2) is 8.44. The minimum absolute atomic E-state index is 0.100. The van der Waals surface area contributed by atoms with E-state index in [2.05, 4.69) is 15.0 Å². The molecule has 0 atom stereocenters. The van der Waals surface area contributed by atoms with Gasteiger partial charge in [-0.1, -0.05) is 13.0 Å². The van der Waals surface area contributed by atoms with E-state index in [-0.39, 0.29) is 17.2 Å². The van der Waals surface area contributed by atoms with E-state index in [0.717, 1.165) is 12.5 Å². The Morgan fingerprint density at radius 2 is 1.82 bits per heavy atom. The standard InChI is InChI=1S/C24H20F3N5O2/c1-3-8-34-21-12-28-19-5-4-14(9-20(19)29-21)23-22(15-10-17(26)18(27)11-16(15)25)30-24-31(13(2)33)6-7-32(23)24/h4-5,9-12H,3,6-8H2,1-2H3. The van der Waals surface area contributed by atoms with E-state index in [9.17, 15) is 18.0 Å². The highest BCUT2D eigenvalue weighted by molar-refractivity contribution is 5.94. The first kappa shape index (κ1) is 21.9. The van der Waals surface area contributed by atoms with Gasteiger partial charge in [-0.05, 0) is 24.6 Å². The van der Waals surface area contributed by atoms with Crippen LogP contribution in [-0.4, -0.2) is 38.6 Å². The van der Waals surface area contributed by atoms with Crippen molar-refractivity contribution in [3.63, 3.8) is 0 Å². The Kier molecular flexibility index (Phi) is 5.43. The van der Waals surface area contributed by atoms with Crippen LogP contribution in [0.5, 0.6) is 5.88 Å². The van der Waals surface area contributed by atoms with Gasteiger partial charge in [0.05, 0.1) is 29.5 Å². The molecule has 1 aliphatic heterocycles. The van der Waals surface area contributed by atoms with Gasteiger partial charge >= 0.3 is 0 Å². The molecule has 34 heavy (non-hydrogen) atoms. The Balaban J connectivity index is 1.72. The number of carbonyl (C=O) groups excluding carboxylic acids is 1. The van der Waals surface area contributed by atoms with Crippen molar-refractivity contribution in [2.45, 2.75) is 26.8 Å². The largest absolute Gasteiger partial charge is 0.477 e. The molecule has 5 rings (SSSR count). The van der Waals surface area contributed by atoms with Crippen LogP contribution in [0, 0.1) is 17.5 Å². The summed E-state index contributed by atoms with van der Waals surface area (Å²) >= 11 is 0. The molecule has 2 aromatic heterocycles. The highest BCUT2D eigenvalue weighted by atomic mass is 19.2. The van der Waals surface area contributed by atoms with Gasteiger partial charge in [0.15, 0.2) is 11.6 Å². The first-order valence-corrected chi connectivity index (χ1v) is 10.8. The molecule has 7 nitrogen and oxygen atoms in total. The molecular weight excluding hydrogens is 447 g/mol. The summed E-state index contributed by atoms with van der Waals surface area (Å²) in [5, 5.41) is 0. The first-order valence-electron chi connectivity index (χ1n) is 10.8. The zero-order valence-electron chi connectivity index (χ0n) is 18.5. The van der Waals surface area contributed by atoms with Crippen LogP contribution in [0.15, 0.2) is 36.5 Å². The summed E-state index contributed by atoms with van der Waals surface area (Å²) in [7, 11) is 0. The van der Waals surface area contributed by atoms with E-state index in [0.29, 0.717) is 59.9 Å². The molecule has 0 spiro atoms. The number of nitrogens with zero attached hydrogens (tertiary/aromatic N) is 5. The van der Waals surface area contributed by atoms with Crippen molar-refractivity contribution < 1.29 is 22.7 Å². The van der Waals surface area contributed by atoms with Crippen molar-refractivity contribution in [1.82, 2.24) is 19.5 Å². The average Bonchev–Trinajstić information content (AvgIpc) is 3.38. The number of halogens is 3. The second-order valence-electron chi connectivity index (χ2n) is 7.94. The minimum atomic E-state index is -1.29. The lowest BCUT2D eigenvalue weighted by molar-refractivity contribution is -0.116. The Morgan fingerprint density at radius 1 is 1.03 bits per heavy atom. The van der Waals surface area contributed by atoms with Crippen LogP contribution in [0.25, 0.3) is 33.5 Å². The normalized spacial score (nSPS) is 12.9. The highest BCUT2D eigenvalue weighted by Crippen LogP contribution is 2.40. The molecule has 2 aromatic carbocycles. The summed E-state index contributed by atoms with van der Waals surface area (Å²) in [5.41, 5.74) is 2.14. The van der Waals surface area contributed by atoms with E-state index in [1.807, 2.05) is 6.92 Å². The van der Waals surface area contributed by atoms with E-state index in [1.165, 1.54) is 11.8 Å². The zero-order chi connectivity index (χ0) is 24.0. The van der Waals surface area contributed by atoms with Crippen LogP contribution in [0.1, 0.15) is 20.3 Å². The van der Waals surface area contributed by atoms with Gasteiger partial charge in [0.1, 0.15) is 11.5 Å². The zero-order valence-corrected chi connectivity index (χ0v) is 18.5. The molecular formula is C24H20F3N5O2. The van der Waals surface area contributed by atoms with Crippen molar-refractivity contribution in [1.29, 1.82) is 0 Å². The van der Waals surface area contributed by atoms with Crippen LogP contribution in [0.3, 0.4) is 0 Å². The van der Waals surface area contributed by atoms with Crippen molar-refractivity contribution in [2.75, 3.05) is 18.1 Å². The summed E-state index contributed by atoms with van der Waals surface area (Å²) in [6.45, 7) is 4.69. The maximum Gasteiger partial charge on any atom is 0.232 e. The van der Waals surface area contributed by atoms with Crippen molar-refractivity contribution >= 4 is 22.9 Å². The Morgan fingerprint density at radius 3 is 2.59 bits per heavy atom. The van der Waals surface area contributed by atoms with Gasteiger partial charge in [-0.15, -0.1) is 0 Å². The molecule has 0 unspecified atom stereocenters. The lowest BCUT2D eigenvalue weighted by Crippen LogP contribution is -2.26. The number of imidazole rings is 1. The fraction of sp³-hybridized carbons (Fsp3) is 0.250. The lowest BCUT2D eigenvalue weighted by atomic mass is 10.0. The third-order valence-corrected chi connectivity index (χ3v) is 5.63. The Hall–Kier alpha value is -3.95. The number of amides is 1. The summed E-state index contributed by atoms with van der Waals surface area (Å²) in [6.07, 6.45) is 2.36. The van der Waals surface area contributed by atoms with Crippen molar-refractivity contribution in [2.24, 2.45) is 0 Å². The van der Waals surface area contributed by atoms with E-state index in [4.69, 9.17) is 4.74 Å². The van der Waals surface area contributed by atoms with E-state index >= 15 is 0 Å². The number of anilines is 1. The molecule has 3 heterocycles. The molecule has 10 heteroatoms. The molecule has 1 aliphatic rings. The van der Waals surface area contributed by atoms with Gasteiger partial charge in [0.25, 0.3) is 0 Å². The molecule has 0 bridgehead atoms.